The number of carbonyl (C=O) groups is 2. The summed E-state index contributed by atoms with van der Waals surface area (Å²) < 4.78 is 15.8. The summed E-state index contributed by atoms with van der Waals surface area (Å²) in [5.74, 6) is -1.27. The molecule has 8 nitrogen and oxygen atoms in total. The summed E-state index contributed by atoms with van der Waals surface area (Å²) in [6, 6.07) is 16.3. The van der Waals surface area contributed by atoms with E-state index in [4.69, 9.17) is 0 Å². The number of carbonyl (C=O) groups excluding carboxylic acids is 2. The van der Waals surface area contributed by atoms with Crippen LogP contribution in [-0.2, 0) is 17.9 Å². The normalized spacial score (nSPS) is 12.6. The van der Waals surface area contributed by atoms with Gasteiger partial charge in [0, 0.05) is 17.3 Å². The Morgan fingerprint density at radius 3 is 2.58 bits per heavy atom. The Balaban J connectivity index is 1.61. The average molecular weight is 417 g/mol. The summed E-state index contributed by atoms with van der Waals surface area (Å²) in [7, 11) is 0. The van der Waals surface area contributed by atoms with E-state index < -0.39 is 23.2 Å². The first-order chi connectivity index (χ1) is 15.0. The molecule has 1 aliphatic rings. The fourth-order valence-corrected chi connectivity index (χ4v) is 3.68. The van der Waals surface area contributed by atoms with Crippen LogP contribution in [0.3, 0.4) is 0 Å². The molecular formula is C22H16FN5O3. The van der Waals surface area contributed by atoms with Crippen molar-refractivity contribution in [3.8, 4) is 11.3 Å². The summed E-state index contributed by atoms with van der Waals surface area (Å²) in [6.07, 6.45) is 0. The highest BCUT2D eigenvalue weighted by Crippen LogP contribution is 2.22. The molecule has 0 saturated carbocycles. The van der Waals surface area contributed by atoms with E-state index in [1.165, 1.54) is 33.3 Å². The number of nitrogens with one attached hydrogen (secondary N) is 2. The molecule has 4 aromatic rings. The zero-order chi connectivity index (χ0) is 21.5. The number of nitrogens with zero attached hydrogens (tertiary/aromatic N) is 3. The highest BCUT2D eigenvalue weighted by Gasteiger charge is 2.29. The molecule has 2 amide bonds. The van der Waals surface area contributed by atoms with Crippen LogP contribution in [0.4, 0.5) is 10.1 Å². The lowest BCUT2D eigenvalue weighted by Crippen LogP contribution is -2.29. The highest BCUT2D eigenvalue weighted by atomic mass is 19.1. The van der Waals surface area contributed by atoms with Gasteiger partial charge in [-0.15, -0.1) is 0 Å². The molecule has 0 unspecified atom stereocenters. The van der Waals surface area contributed by atoms with Crippen molar-refractivity contribution in [2.75, 3.05) is 5.32 Å². The summed E-state index contributed by atoms with van der Waals surface area (Å²) in [4.78, 5) is 38.1. The van der Waals surface area contributed by atoms with Crippen LogP contribution in [0.5, 0.6) is 0 Å². The van der Waals surface area contributed by atoms with Crippen LogP contribution in [0.25, 0.3) is 16.9 Å². The third-order valence-corrected chi connectivity index (χ3v) is 5.11. The fourth-order valence-electron chi connectivity index (χ4n) is 3.68. The van der Waals surface area contributed by atoms with Gasteiger partial charge < -0.3 is 15.2 Å². The fraction of sp³-hybridized carbons (Fsp3) is 0.0909. The van der Waals surface area contributed by atoms with Gasteiger partial charge in [0.1, 0.15) is 23.7 Å². The van der Waals surface area contributed by atoms with Gasteiger partial charge in [0.05, 0.1) is 17.8 Å². The third-order valence-electron chi connectivity index (χ3n) is 5.11. The van der Waals surface area contributed by atoms with E-state index in [9.17, 15) is 18.8 Å². The Labute approximate surface area is 174 Å². The van der Waals surface area contributed by atoms with Crippen LogP contribution in [0, 0.1) is 5.82 Å². The molecule has 5 rings (SSSR count). The maximum atomic E-state index is 13.1. The number of hydrogen-bond donors (Lipinski definition) is 2. The molecule has 0 radical (unpaired) electrons. The molecule has 0 bridgehead atoms. The largest absolute Gasteiger partial charge is 0.346 e. The van der Waals surface area contributed by atoms with Gasteiger partial charge >= 0.3 is 0 Å². The van der Waals surface area contributed by atoms with Gasteiger partial charge in [0.2, 0.25) is 5.91 Å². The molecular weight excluding hydrogens is 401 g/mol. The summed E-state index contributed by atoms with van der Waals surface area (Å²) in [5.41, 5.74) is 2.10. The van der Waals surface area contributed by atoms with Crippen molar-refractivity contribution >= 4 is 23.1 Å². The van der Waals surface area contributed by atoms with Gasteiger partial charge in [0.25, 0.3) is 11.5 Å². The first-order valence-corrected chi connectivity index (χ1v) is 9.56. The smallest absolute Gasteiger partial charge is 0.280 e. The Hall–Kier alpha value is -4.27. The number of fused-ring (bicyclic) bond motifs is 2. The number of benzene rings is 2. The maximum absolute atomic E-state index is 13.1. The number of anilines is 1. The Kier molecular flexibility index (Phi) is 4.36. The molecule has 2 aromatic heterocycles. The topological polar surface area (TPSA) is 97.5 Å². The molecule has 31 heavy (non-hydrogen) atoms. The van der Waals surface area contributed by atoms with Crippen LogP contribution in [0.2, 0.25) is 0 Å². The predicted octanol–water partition coefficient (Wildman–Crippen LogP) is 2.18. The first-order valence-electron chi connectivity index (χ1n) is 9.56. The van der Waals surface area contributed by atoms with E-state index in [0.717, 1.165) is 5.56 Å². The van der Waals surface area contributed by atoms with E-state index in [-0.39, 0.29) is 24.3 Å². The van der Waals surface area contributed by atoms with E-state index in [1.807, 2.05) is 30.3 Å². The summed E-state index contributed by atoms with van der Waals surface area (Å²) in [6.45, 7) is -0.153. The second kappa shape index (κ2) is 7.21. The number of halogens is 1. The van der Waals surface area contributed by atoms with Crippen LogP contribution in [0.15, 0.2) is 65.5 Å². The van der Waals surface area contributed by atoms with E-state index in [1.54, 1.807) is 6.07 Å². The molecule has 0 spiro atoms. The predicted molar refractivity (Wildman–Crippen MR) is 111 cm³/mol. The quantitative estimate of drug-likeness (QED) is 0.532. The van der Waals surface area contributed by atoms with Crippen LogP contribution >= 0.6 is 0 Å². The first kappa shape index (κ1) is 18.7. The Morgan fingerprint density at radius 1 is 1.10 bits per heavy atom. The highest BCUT2D eigenvalue weighted by molar-refractivity contribution is 5.98. The van der Waals surface area contributed by atoms with Gasteiger partial charge in [-0.25, -0.2) is 4.39 Å². The number of hydrogen-bond acceptors (Lipinski definition) is 4. The van der Waals surface area contributed by atoms with E-state index >= 15 is 0 Å². The monoisotopic (exact) mass is 417 g/mol. The lowest BCUT2D eigenvalue weighted by molar-refractivity contribution is -0.116. The van der Waals surface area contributed by atoms with Gasteiger partial charge in [-0.3, -0.25) is 14.4 Å². The van der Waals surface area contributed by atoms with Crippen molar-refractivity contribution in [3.05, 3.63) is 88.1 Å². The molecule has 9 heteroatoms. The van der Waals surface area contributed by atoms with Crippen LogP contribution in [-0.4, -0.2) is 26.0 Å². The minimum absolute atomic E-state index is 0.0725. The van der Waals surface area contributed by atoms with Crippen LogP contribution in [0.1, 0.15) is 16.1 Å². The molecule has 0 saturated heterocycles. The number of aromatic nitrogens is 3. The standard InChI is InChI=1S/C22H16FN5O3/c23-14-6-8-15(9-7-14)25-18(29)12-27-19-10-17(13-4-2-1-3-5-13)26-28(19)22(31)16-11-24-21(30)20(16)27/h1-10H,11-12H2,(H,24,30)(H,25,29). The van der Waals surface area contributed by atoms with Crippen molar-refractivity contribution < 1.29 is 14.0 Å². The van der Waals surface area contributed by atoms with Crippen LogP contribution < -0.4 is 16.2 Å². The summed E-state index contributed by atoms with van der Waals surface area (Å²) >= 11 is 0. The van der Waals surface area contributed by atoms with Crippen molar-refractivity contribution in [2.24, 2.45) is 0 Å². The van der Waals surface area contributed by atoms with Crippen molar-refractivity contribution in [1.29, 1.82) is 0 Å². The van der Waals surface area contributed by atoms with Gasteiger partial charge in [-0.05, 0) is 24.3 Å². The second-order valence-electron chi connectivity index (χ2n) is 7.12. The molecule has 0 atom stereocenters. The third kappa shape index (κ3) is 3.25. The Morgan fingerprint density at radius 2 is 1.84 bits per heavy atom. The average Bonchev–Trinajstić information content (AvgIpc) is 3.38. The van der Waals surface area contributed by atoms with Crippen molar-refractivity contribution in [3.63, 3.8) is 0 Å². The maximum Gasteiger partial charge on any atom is 0.280 e. The van der Waals surface area contributed by atoms with Gasteiger partial charge in [-0.2, -0.15) is 9.61 Å². The SMILES string of the molecule is O=C(Cn1c2c(c(=O)n3nc(-c4ccccc4)cc13)CNC2=O)Nc1ccc(F)cc1. The zero-order valence-corrected chi connectivity index (χ0v) is 16.1. The number of rotatable bonds is 4. The Bertz CT molecular complexity index is 1390. The van der Waals surface area contributed by atoms with Crippen molar-refractivity contribution in [2.45, 2.75) is 13.1 Å². The lowest BCUT2D eigenvalue weighted by Gasteiger charge is -2.13. The molecule has 2 aromatic carbocycles. The van der Waals surface area contributed by atoms with Gasteiger partial charge in [0.15, 0.2) is 0 Å². The molecule has 0 fully saturated rings. The minimum Gasteiger partial charge on any atom is -0.346 e. The van der Waals surface area contributed by atoms with Crippen molar-refractivity contribution in [1.82, 2.24) is 19.5 Å². The number of amides is 2. The van der Waals surface area contributed by atoms with E-state index in [2.05, 4.69) is 15.7 Å². The zero-order valence-electron chi connectivity index (χ0n) is 16.1. The molecule has 3 heterocycles. The summed E-state index contributed by atoms with van der Waals surface area (Å²) in [5, 5.41) is 9.73. The molecule has 2 N–H and O–H groups in total. The molecule has 154 valence electrons. The minimum atomic E-state index is -0.429. The van der Waals surface area contributed by atoms with Gasteiger partial charge in [-0.1, -0.05) is 30.3 Å². The molecule has 1 aliphatic heterocycles. The lowest BCUT2D eigenvalue weighted by atomic mass is 10.1. The van der Waals surface area contributed by atoms with E-state index in [0.29, 0.717) is 17.0 Å². The molecule has 0 aliphatic carbocycles. The second-order valence-corrected chi connectivity index (χ2v) is 7.12.